The van der Waals surface area contributed by atoms with E-state index in [1.165, 1.54) is 55.0 Å². The number of hydrogen-bond acceptors (Lipinski definition) is 1. The highest BCUT2D eigenvalue weighted by Gasteiger charge is 2.52. The minimum absolute atomic E-state index is 0.566. The predicted molar refractivity (Wildman–Crippen MR) is 143 cm³/mol. The molecule has 32 heavy (non-hydrogen) atoms. The maximum absolute atomic E-state index is 6.50. The van der Waals surface area contributed by atoms with Crippen LogP contribution in [0, 0.1) is 11.8 Å². The van der Waals surface area contributed by atoms with Crippen molar-refractivity contribution in [1.29, 1.82) is 0 Å². The van der Waals surface area contributed by atoms with E-state index in [1.807, 2.05) is 6.08 Å². The van der Waals surface area contributed by atoms with Gasteiger partial charge in [-0.3, -0.25) is 0 Å². The number of allylic oxidation sites excluding steroid dienone is 4. The molecule has 4 rings (SSSR count). The Morgan fingerprint density at radius 3 is 2.66 bits per heavy atom. The summed E-state index contributed by atoms with van der Waals surface area (Å²) in [6.07, 6.45) is 15.8. The molecule has 2 heteroatoms. The summed E-state index contributed by atoms with van der Waals surface area (Å²) in [6.45, 7) is 11.8. The van der Waals surface area contributed by atoms with Crippen LogP contribution in [0.15, 0.2) is 72.9 Å². The van der Waals surface area contributed by atoms with E-state index < -0.39 is 8.07 Å². The summed E-state index contributed by atoms with van der Waals surface area (Å²) in [4.78, 5) is 0. The van der Waals surface area contributed by atoms with Gasteiger partial charge >= 0.3 is 0 Å². The van der Waals surface area contributed by atoms with Crippen molar-refractivity contribution in [2.45, 2.75) is 70.5 Å². The molecular formula is C30H40OSi. The monoisotopic (exact) mass is 444 g/mol. The van der Waals surface area contributed by atoms with Gasteiger partial charge in [0, 0.05) is 5.39 Å². The molecule has 1 nitrogen and oxygen atoms in total. The number of benzene rings is 2. The molecule has 0 bridgehead atoms. The first-order valence-corrected chi connectivity index (χ1v) is 15.3. The Bertz CT molecular complexity index is 997. The van der Waals surface area contributed by atoms with E-state index in [9.17, 15) is 0 Å². The Kier molecular flexibility index (Phi) is 7.40. The van der Waals surface area contributed by atoms with E-state index in [-0.39, 0.29) is 0 Å². The first kappa shape index (κ1) is 23.1. The Balaban J connectivity index is 1.91. The lowest BCUT2D eigenvalue weighted by molar-refractivity contribution is 0.370. The molecule has 0 spiro atoms. The topological polar surface area (TPSA) is 9.23 Å². The zero-order chi connectivity index (χ0) is 22.6. The first-order valence-electron chi connectivity index (χ1n) is 12.8. The van der Waals surface area contributed by atoms with Crippen molar-refractivity contribution in [3.8, 4) is 5.75 Å². The van der Waals surface area contributed by atoms with Crippen LogP contribution in [0.2, 0.25) is 17.6 Å². The van der Waals surface area contributed by atoms with Gasteiger partial charge < -0.3 is 4.74 Å². The molecule has 3 atom stereocenters. The van der Waals surface area contributed by atoms with Crippen LogP contribution >= 0.6 is 0 Å². The first-order chi connectivity index (χ1) is 15.7. The molecule has 0 radical (unpaired) electrons. The normalized spacial score (nSPS) is 22.6. The number of rotatable bonds is 10. The van der Waals surface area contributed by atoms with Gasteiger partial charge in [0.2, 0.25) is 0 Å². The van der Waals surface area contributed by atoms with Crippen LogP contribution in [0.5, 0.6) is 5.75 Å². The van der Waals surface area contributed by atoms with Crippen molar-refractivity contribution in [1.82, 2.24) is 0 Å². The third kappa shape index (κ3) is 4.03. The lowest BCUT2D eigenvalue weighted by Crippen LogP contribution is -2.53. The molecular weight excluding hydrogens is 404 g/mol. The zero-order valence-corrected chi connectivity index (χ0v) is 21.3. The number of ether oxygens (including phenoxy) is 1. The smallest absolute Gasteiger partial charge is 0.126 e. The zero-order valence-electron chi connectivity index (χ0n) is 20.3. The van der Waals surface area contributed by atoms with Crippen molar-refractivity contribution in [2.24, 2.45) is 11.8 Å². The molecule has 2 aliphatic carbocycles. The molecule has 2 aromatic rings. The fourth-order valence-electron chi connectivity index (χ4n) is 6.75. The summed E-state index contributed by atoms with van der Waals surface area (Å²) in [5.41, 5.74) is 2.50. The van der Waals surface area contributed by atoms with E-state index in [4.69, 9.17) is 4.74 Å². The third-order valence-corrected chi connectivity index (χ3v) is 14.3. The molecule has 1 fully saturated rings. The Morgan fingerprint density at radius 1 is 1.09 bits per heavy atom. The number of unbranched alkanes of at least 4 members (excludes halogenated alkanes) is 1. The second kappa shape index (κ2) is 10.3. The second-order valence-corrected chi connectivity index (χ2v) is 14.7. The highest BCUT2D eigenvalue weighted by molar-refractivity contribution is 6.94. The highest BCUT2D eigenvalue weighted by Crippen LogP contribution is 2.56. The van der Waals surface area contributed by atoms with E-state index in [2.05, 4.69) is 82.0 Å². The molecule has 3 unspecified atom stereocenters. The lowest BCUT2D eigenvalue weighted by Gasteiger charge is -2.42. The van der Waals surface area contributed by atoms with Crippen molar-refractivity contribution in [3.63, 3.8) is 0 Å². The maximum Gasteiger partial charge on any atom is 0.126 e. The van der Waals surface area contributed by atoms with Crippen molar-refractivity contribution >= 4 is 24.0 Å². The highest BCUT2D eigenvalue weighted by atomic mass is 28.3. The molecule has 0 N–H and O–H groups in total. The Morgan fingerprint density at radius 2 is 1.91 bits per heavy atom. The van der Waals surface area contributed by atoms with Gasteiger partial charge in [-0.25, -0.2) is 0 Å². The van der Waals surface area contributed by atoms with Gasteiger partial charge in [0.1, 0.15) is 12.4 Å². The summed E-state index contributed by atoms with van der Waals surface area (Å²) >= 11 is 0. The Labute approximate surface area is 196 Å². The van der Waals surface area contributed by atoms with Crippen molar-refractivity contribution in [2.75, 3.05) is 6.61 Å². The van der Waals surface area contributed by atoms with Crippen LogP contribution in [-0.4, -0.2) is 14.7 Å². The number of fused-ring (bicyclic) bond motifs is 2. The van der Waals surface area contributed by atoms with Gasteiger partial charge in [-0.2, -0.15) is 0 Å². The molecule has 1 saturated carbocycles. The van der Waals surface area contributed by atoms with E-state index in [0.717, 1.165) is 23.1 Å². The summed E-state index contributed by atoms with van der Waals surface area (Å²) in [5, 5.41) is 4.09. The molecule has 170 valence electrons. The fourth-order valence-corrected chi connectivity index (χ4v) is 12.5. The third-order valence-electron chi connectivity index (χ3n) is 8.28. The van der Waals surface area contributed by atoms with Crippen LogP contribution in [-0.2, 0) is 0 Å². The molecule has 2 aliphatic rings. The summed E-state index contributed by atoms with van der Waals surface area (Å²) in [6, 6.07) is 16.1. The molecule has 0 aliphatic heterocycles. The minimum atomic E-state index is -1.88. The summed E-state index contributed by atoms with van der Waals surface area (Å²) in [7, 11) is -1.88. The average Bonchev–Trinajstić information content (AvgIpc) is 3.22. The van der Waals surface area contributed by atoms with Crippen LogP contribution in [0.3, 0.4) is 0 Å². The lowest BCUT2D eigenvalue weighted by atomic mass is 9.94. The van der Waals surface area contributed by atoms with Gasteiger partial charge in [0.25, 0.3) is 0 Å². The molecule has 0 heterocycles. The minimum Gasteiger partial charge on any atom is -0.489 e. The SMILES string of the molecule is C=CCOc1c([Si](CC)(CC)C2C3=CC=CCC3CC2CCCC)ccc2ccccc12. The molecule has 0 saturated heterocycles. The van der Waals surface area contributed by atoms with Crippen molar-refractivity contribution < 1.29 is 4.74 Å². The standard InChI is InChI=1S/C30H40OSi/c1-5-9-14-25-22-24-16-11-13-18-27(24)30(25)32(7-3,8-4)28-20-19-23-15-10-12-17-26(23)29(28)31-21-6-2/h6,10-13,15,17-20,24-25,30H,2,5,7-9,14,16,21-22H2,1,3-4H3. The van der Waals surface area contributed by atoms with Crippen LogP contribution in [0.4, 0.5) is 0 Å². The molecule has 0 amide bonds. The fraction of sp³-hybridized carbons (Fsp3) is 0.467. The largest absolute Gasteiger partial charge is 0.489 e. The summed E-state index contributed by atoms with van der Waals surface area (Å²) in [5.74, 6) is 2.72. The maximum atomic E-state index is 6.50. The Hall–Kier alpha value is -2.06. The van der Waals surface area contributed by atoms with E-state index in [0.29, 0.717) is 6.61 Å². The van der Waals surface area contributed by atoms with Crippen molar-refractivity contribution in [3.05, 3.63) is 72.9 Å². The molecule has 2 aromatic carbocycles. The second-order valence-electron chi connectivity index (χ2n) is 9.77. The van der Waals surface area contributed by atoms with Gasteiger partial charge in [0.15, 0.2) is 0 Å². The van der Waals surface area contributed by atoms with Gasteiger partial charge in [0.05, 0.1) is 8.07 Å². The quantitative estimate of drug-likeness (QED) is 0.265. The van der Waals surface area contributed by atoms with Gasteiger partial charge in [-0.1, -0.05) is 125 Å². The van der Waals surface area contributed by atoms with Gasteiger partial charge in [-0.15, -0.1) is 0 Å². The predicted octanol–water partition coefficient (Wildman–Crippen LogP) is 8.18. The molecule has 0 aromatic heterocycles. The number of hydrogen-bond donors (Lipinski definition) is 0. The van der Waals surface area contributed by atoms with E-state index >= 15 is 0 Å². The van der Waals surface area contributed by atoms with Crippen LogP contribution in [0.25, 0.3) is 10.8 Å². The van der Waals surface area contributed by atoms with Crippen LogP contribution in [0.1, 0.15) is 52.9 Å². The van der Waals surface area contributed by atoms with Gasteiger partial charge in [-0.05, 0) is 40.8 Å². The average molecular weight is 445 g/mol. The van der Waals surface area contributed by atoms with E-state index in [1.54, 1.807) is 10.8 Å². The summed E-state index contributed by atoms with van der Waals surface area (Å²) < 4.78 is 6.50. The van der Waals surface area contributed by atoms with Crippen LogP contribution < -0.4 is 9.92 Å².